The third-order valence-corrected chi connectivity index (χ3v) is 4.71. The maximum atomic E-state index is 12.0. The number of halogens is 1. The van der Waals surface area contributed by atoms with Crippen molar-refractivity contribution in [2.45, 2.75) is 4.90 Å². The van der Waals surface area contributed by atoms with Crippen molar-refractivity contribution in [3.8, 4) is 5.75 Å². The Labute approximate surface area is 157 Å². The van der Waals surface area contributed by atoms with Crippen LogP contribution in [0.4, 0.5) is 5.69 Å². The van der Waals surface area contributed by atoms with Crippen molar-refractivity contribution in [2.24, 2.45) is 5.14 Å². The molecular weight excluding hydrogens is 378 g/mol. The molecule has 0 aliphatic rings. The number of likely N-dealkylation sites (N-methyl/N-ethyl adjacent to an activating group) is 1. The van der Waals surface area contributed by atoms with Crippen LogP contribution < -0.4 is 15.2 Å². The number of nitrogens with one attached hydrogen (secondary N) is 1. The molecule has 0 bridgehead atoms. The van der Waals surface area contributed by atoms with Crippen molar-refractivity contribution in [2.75, 3.05) is 32.1 Å². The van der Waals surface area contributed by atoms with Gasteiger partial charge < -0.3 is 10.1 Å². The molecule has 0 saturated heterocycles. The van der Waals surface area contributed by atoms with Gasteiger partial charge in [0, 0.05) is 6.54 Å². The van der Waals surface area contributed by atoms with Gasteiger partial charge in [-0.3, -0.25) is 9.69 Å². The highest BCUT2D eigenvalue weighted by molar-refractivity contribution is 7.89. The number of rotatable bonds is 8. The van der Waals surface area contributed by atoms with Gasteiger partial charge in [-0.25, -0.2) is 13.6 Å². The van der Waals surface area contributed by atoms with Crippen molar-refractivity contribution in [3.63, 3.8) is 0 Å². The fourth-order valence-corrected chi connectivity index (χ4v) is 2.82. The topological polar surface area (TPSA) is 102 Å². The summed E-state index contributed by atoms with van der Waals surface area (Å²) in [4.78, 5) is 13.8. The Kier molecular flexibility index (Phi) is 6.98. The Balaban J connectivity index is 1.75. The monoisotopic (exact) mass is 397 g/mol. The van der Waals surface area contributed by atoms with E-state index in [9.17, 15) is 13.2 Å². The molecule has 0 aliphatic carbocycles. The van der Waals surface area contributed by atoms with Crippen LogP contribution in [0, 0.1) is 0 Å². The van der Waals surface area contributed by atoms with Gasteiger partial charge in [0.05, 0.1) is 22.2 Å². The van der Waals surface area contributed by atoms with E-state index in [0.717, 1.165) is 0 Å². The summed E-state index contributed by atoms with van der Waals surface area (Å²) in [6.07, 6.45) is 0. The molecule has 0 heterocycles. The van der Waals surface area contributed by atoms with Gasteiger partial charge in [-0.15, -0.1) is 0 Å². The van der Waals surface area contributed by atoms with Crippen molar-refractivity contribution in [1.82, 2.24) is 4.90 Å². The van der Waals surface area contributed by atoms with Gasteiger partial charge in [-0.2, -0.15) is 0 Å². The molecule has 0 aromatic heterocycles. The maximum absolute atomic E-state index is 12.0. The molecule has 26 heavy (non-hydrogen) atoms. The lowest BCUT2D eigenvalue weighted by Crippen LogP contribution is -2.33. The molecule has 0 spiro atoms. The number of ether oxygens (including phenoxy) is 1. The normalized spacial score (nSPS) is 11.4. The van der Waals surface area contributed by atoms with E-state index in [0.29, 0.717) is 29.6 Å². The molecule has 0 fully saturated rings. The fourth-order valence-electron chi connectivity index (χ4n) is 2.12. The van der Waals surface area contributed by atoms with Crippen molar-refractivity contribution < 1.29 is 17.9 Å². The third kappa shape index (κ3) is 6.30. The number of hydrogen-bond donors (Lipinski definition) is 2. The van der Waals surface area contributed by atoms with E-state index < -0.39 is 10.0 Å². The standard InChI is InChI=1S/C17H20ClN3O4S/c1-21(12-17(22)20-16-5-3-2-4-15(16)18)10-11-25-13-6-8-14(9-7-13)26(19,23)24/h2-9H,10-12H2,1H3,(H,20,22)(H2,19,23,24). The molecule has 2 aromatic carbocycles. The lowest BCUT2D eigenvalue weighted by molar-refractivity contribution is -0.117. The second-order valence-corrected chi connectivity index (χ2v) is 7.60. The lowest BCUT2D eigenvalue weighted by Gasteiger charge is -2.17. The van der Waals surface area contributed by atoms with E-state index in [4.69, 9.17) is 21.5 Å². The Bertz CT molecular complexity index is 857. The van der Waals surface area contributed by atoms with Crippen LogP contribution in [-0.2, 0) is 14.8 Å². The third-order valence-electron chi connectivity index (χ3n) is 3.46. The second kappa shape index (κ2) is 9.00. The maximum Gasteiger partial charge on any atom is 0.238 e. The molecule has 3 N–H and O–H groups in total. The molecule has 1 amide bonds. The number of nitrogens with zero attached hydrogens (tertiary/aromatic N) is 1. The first-order chi connectivity index (χ1) is 12.3. The second-order valence-electron chi connectivity index (χ2n) is 5.63. The molecule has 2 aromatic rings. The van der Waals surface area contributed by atoms with E-state index in [1.165, 1.54) is 24.3 Å². The average molecular weight is 398 g/mol. The van der Waals surface area contributed by atoms with Gasteiger partial charge in [0.15, 0.2) is 0 Å². The predicted octanol–water partition coefficient (Wildman–Crippen LogP) is 1.94. The van der Waals surface area contributed by atoms with Gasteiger partial charge in [-0.1, -0.05) is 23.7 Å². The van der Waals surface area contributed by atoms with Crippen LogP contribution in [0.15, 0.2) is 53.4 Å². The molecule has 0 aliphatic heterocycles. The number of hydrogen-bond acceptors (Lipinski definition) is 5. The van der Waals surface area contributed by atoms with Gasteiger partial charge >= 0.3 is 0 Å². The number of benzene rings is 2. The highest BCUT2D eigenvalue weighted by Crippen LogP contribution is 2.20. The zero-order chi connectivity index (χ0) is 19.2. The van der Waals surface area contributed by atoms with Crippen LogP contribution in [0.1, 0.15) is 0 Å². The van der Waals surface area contributed by atoms with Crippen molar-refractivity contribution >= 4 is 33.2 Å². The van der Waals surface area contributed by atoms with E-state index in [2.05, 4.69) is 5.32 Å². The minimum atomic E-state index is -3.71. The van der Waals surface area contributed by atoms with E-state index >= 15 is 0 Å². The van der Waals surface area contributed by atoms with Gasteiger partial charge in [0.25, 0.3) is 0 Å². The summed E-state index contributed by atoms with van der Waals surface area (Å²) in [6, 6.07) is 12.8. The first-order valence-corrected chi connectivity index (χ1v) is 9.67. The summed E-state index contributed by atoms with van der Waals surface area (Å²) in [5.41, 5.74) is 0.568. The van der Waals surface area contributed by atoms with Crippen molar-refractivity contribution in [3.05, 3.63) is 53.6 Å². The first kappa shape index (κ1) is 20.2. The summed E-state index contributed by atoms with van der Waals surface area (Å²) in [6.45, 7) is 1.02. The molecule has 140 valence electrons. The molecule has 0 unspecified atom stereocenters. The van der Waals surface area contributed by atoms with Crippen LogP contribution in [0.3, 0.4) is 0 Å². The van der Waals surface area contributed by atoms with Crippen LogP contribution in [0.2, 0.25) is 5.02 Å². The minimum Gasteiger partial charge on any atom is -0.492 e. The minimum absolute atomic E-state index is 0.0261. The summed E-state index contributed by atoms with van der Waals surface area (Å²) < 4.78 is 27.9. The van der Waals surface area contributed by atoms with E-state index in [-0.39, 0.29) is 17.3 Å². The number of nitrogens with two attached hydrogens (primary N) is 1. The highest BCUT2D eigenvalue weighted by atomic mass is 35.5. The molecule has 0 saturated carbocycles. The number of para-hydroxylation sites is 1. The average Bonchev–Trinajstić information content (AvgIpc) is 2.56. The Morgan fingerprint density at radius 2 is 1.85 bits per heavy atom. The lowest BCUT2D eigenvalue weighted by atomic mass is 10.3. The van der Waals surface area contributed by atoms with Gasteiger partial charge in [0.2, 0.25) is 15.9 Å². The number of carbonyl (C=O) groups is 1. The summed E-state index contributed by atoms with van der Waals surface area (Å²) in [5, 5.41) is 8.26. The number of sulfonamides is 1. The SMILES string of the molecule is CN(CCOc1ccc(S(N)(=O)=O)cc1)CC(=O)Nc1ccccc1Cl. The first-order valence-electron chi connectivity index (χ1n) is 7.74. The summed E-state index contributed by atoms with van der Waals surface area (Å²) in [5.74, 6) is 0.337. The van der Waals surface area contributed by atoms with Crippen molar-refractivity contribution in [1.29, 1.82) is 0 Å². The predicted molar refractivity (Wildman–Crippen MR) is 101 cm³/mol. The number of primary sulfonamides is 1. The Morgan fingerprint density at radius 3 is 2.46 bits per heavy atom. The molecule has 9 heteroatoms. The van der Waals surface area contributed by atoms with Gasteiger partial charge in [-0.05, 0) is 43.4 Å². The molecular formula is C17H20ClN3O4S. The van der Waals surface area contributed by atoms with Crippen LogP contribution in [0.5, 0.6) is 5.75 Å². The van der Waals surface area contributed by atoms with Crippen LogP contribution >= 0.6 is 11.6 Å². The zero-order valence-electron chi connectivity index (χ0n) is 14.2. The van der Waals surface area contributed by atoms with Gasteiger partial charge in [0.1, 0.15) is 12.4 Å². The van der Waals surface area contributed by atoms with E-state index in [1.807, 2.05) is 0 Å². The Morgan fingerprint density at radius 1 is 1.19 bits per heavy atom. The summed E-state index contributed by atoms with van der Waals surface area (Å²) in [7, 11) is -1.92. The largest absolute Gasteiger partial charge is 0.492 e. The van der Waals surface area contributed by atoms with Crippen LogP contribution in [0.25, 0.3) is 0 Å². The van der Waals surface area contributed by atoms with Crippen LogP contribution in [-0.4, -0.2) is 46.0 Å². The number of carbonyl (C=O) groups excluding carboxylic acids is 1. The molecule has 0 atom stereocenters. The quantitative estimate of drug-likeness (QED) is 0.708. The smallest absolute Gasteiger partial charge is 0.238 e. The zero-order valence-corrected chi connectivity index (χ0v) is 15.8. The number of amides is 1. The molecule has 7 nitrogen and oxygen atoms in total. The fraction of sp³-hybridized carbons (Fsp3) is 0.235. The number of anilines is 1. The summed E-state index contributed by atoms with van der Waals surface area (Å²) >= 11 is 6.00. The Hall–Kier alpha value is -2.13. The molecule has 0 radical (unpaired) electrons. The van der Waals surface area contributed by atoms with E-state index in [1.54, 1.807) is 36.2 Å². The molecule has 2 rings (SSSR count). The highest BCUT2D eigenvalue weighted by Gasteiger charge is 2.10.